The summed E-state index contributed by atoms with van der Waals surface area (Å²) in [6, 6.07) is 12.8. The van der Waals surface area contributed by atoms with Gasteiger partial charge in [0.15, 0.2) is 0 Å². The van der Waals surface area contributed by atoms with Crippen molar-refractivity contribution in [3.63, 3.8) is 0 Å². The maximum Gasteiger partial charge on any atom is 0.227 e. The number of rotatable bonds is 9. The molecule has 0 amide bonds. The molecule has 0 radical (unpaired) electrons. The number of benzene rings is 2. The third-order valence-electron chi connectivity index (χ3n) is 7.63. The van der Waals surface area contributed by atoms with E-state index in [1.807, 2.05) is 30.3 Å². The molecule has 1 saturated heterocycles. The van der Waals surface area contributed by atoms with Crippen LogP contribution in [0, 0.1) is 6.57 Å². The predicted octanol–water partition coefficient (Wildman–Crippen LogP) is 4.58. The highest BCUT2D eigenvalue weighted by Gasteiger charge is 2.40. The van der Waals surface area contributed by atoms with E-state index in [0.717, 1.165) is 49.0 Å². The molecule has 200 valence electrons. The second-order valence-corrected chi connectivity index (χ2v) is 12.2. The average molecular weight is 528 g/mol. The molecule has 9 heteroatoms. The molecule has 4 rings (SSSR count). The van der Waals surface area contributed by atoms with Gasteiger partial charge in [-0.1, -0.05) is 24.3 Å². The fraction of sp³-hybridized carbons (Fsp3) is 0.536. The zero-order chi connectivity index (χ0) is 26.6. The smallest absolute Gasteiger partial charge is 0.227 e. The second-order valence-electron chi connectivity index (χ2n) is 10.3. The van der Waals surface area contributed by atoms with Crippen LogP contribution in [-0.4, -0.2) is 62.0 Å². The van der Waals surface area contributed by atoms with Crippen LogP contribution in [0.25, 0.3) is 4.85 Å². The molecular formula is C28H37N3O5S. The molecule has 1 aliphatic heterocycles. The molecule has 2 N–H and O–H groups in total. The number of phenols is 1. The summed E-state index contributed by atoms with van der Waals surface area (Å²) in [6.07, 6.45) is 5.85. The molecule has 2 aliphatic rings. The van der Waals surface area contributed by atoms with Gasteiger partial charge in [0.2, 0.25) is 15.7 Å². The highest BCUT2D eigenvalue weighted by Crippen LogP contribution is 2.38. The van der Waals surface area contributed by atoms with Gasteiger partial charge in [0.1, 0.15) is 11.5 Å². The first-order chi connectivity index (χ1) is 17.7. The fourth-order valence-corrected chi connectivity index (χ4v) is 6.74. The number of sulfonamides is 1. The first-order valence-corrected chi connectivity index (χ1v) is 14.7. The van der Waals surface area contributed by atoms with Crippen molar-refractivity contribution >= 4 is 15.7 Å². The maximum absolute atomic E-state index is 12.8. The van der Waals surface area contributed by atoms with E-state index in [2.05, 4.69) is 17.1 Å². The van der Waals surface area contributed by atoms with Gasteiger partial charge in [-0.25, -0.2) is 13.3 Å². The van der Waals surface area contributed by atoms with Crippen LogP contribution in [-0.2, 0) is 21.3 Å². The number of aromatic hydroxyl groups is 1. The Balaban J connectivity index is 1.36. The highest BCUT2D eigenvalue weighted by molar-refractivity contribution is 7.88. The SMILES string of the molecule is [C-]#[N+]c1ccc(C2CCC(OC[C@@H]3N[C@H](C)C[C@@H]3N(Cc3ccc(OC)cc3)S(C)(=O)=O)CC2)cc1O. The third kappa shape index (κ3) is 6.82. The van der Waals surface area contributed by atoms with E-state index in [4.69, 9.17) is 16.0 Å². The number of hydrogen-bond acceptors (Lipinski definition) is 6. The van der Waals surface area contributed by atoms with Gasteiger partial charge >= 0.3 is 0 Å². The van der Waals surface area contributed by atoms with E-state index in [-0.39, 0.29) is 35.7 Å². The minimum Gasteiger partial charge on any atom is -0.519 e. The van der Waals surface area contributed by atoms with Crippen LogP contribution in [0.15, 0.2) is 42.5 Å². The Morgan fingerprint density at radius 2 is 1.84 bits per heavy atom. The topological polar surface area (TPSA) is 92.5 Å². The molecule has 2 fully saturated rings. The van der Waals surface area contributed by atoms with Crippen LogP contribution in [0.3, 0.4) is 0 Å². The van der Waals surface area contributed by atoms with E-state index in [9.17, 15) is 13.5 Å². The first kappa shape index (κ1) is 27.4. The number of nitrogens with one attached hydrogen (secondary N) is 1. The van der Waals surface area contributed by atoms with Crippen LogP contribution in [0.1, 0.15) is 56.1 Å². The number of nitrogens with zero attached hydrogens (tertiary/aromatic N) is 2. The summed E-state index contributed by atoms with van der Waals surface area (Å²) in [6.45, 7) is 9.95. The maximum atomic E-state index is 12.8. The predicted molar refractivity (Wildman–Crippen MR) is 143 cm³/mol. The van der Waals surface area contributed by atoms with Crippen LogP contribution >= 0.6 is 0 Å². The van der Waals surface area contributed by atoms with Gasteiger partial charge in [0.05, 0.1) is 32.6 Å². The van der Waals surface area contributed by atoms with Crippen molar-refractivity contribution in [3.05, 3.63) is 65.0 Å². The second kappa shape index (κ2) is 11.8. The van der Waals surface area contributed by atoms with Gasteiger partial charge < -0.3 is 19.9 Å². The van der Waals surface area contributed by atoms with E-state index in [0.29, 0.717) is 19.1 Å². The minimum absolute atomic E-state index is 0.0448. The Morgan fingerprint density at radius 3 is 2.43 bits per heavy atom. The average Bonchev–Trinajstić information content (AvgIpc) is 3.25. The molecule has 1 aliphatic carbocycles. The first-order valence-electron chi connectivity index (χ1n) is 12.9. The van der Waals surface area contributed by atoms with Crippen LogP contribution < -0.4 is 10.1 Å². The number of ether oxygens (including phenoxy) is 2. The fourth-order valence-electron chi connectivity index (χ4n) is 5.63. The Kier molecular flexibility index (Phi) is 8.75. The third-order valence-corrected chi connectivity index (χ3v) is 8.88. The molecule has 0 bridgehead atoms. The molecule has 2 aromatic carbocycles. The molecule has 8 nitrogen and oxygen atoms in total. The molecular weight excluding hydrogens is 490 g/mol. The van der Waals surface area contributed by atoms with E-state index in [1.165, 1.54) is 6.26 Å². The molecule has 2 aromatic rings. The summed E-state index contributed by atoms with van der Waals surface area (Å²) in [7, 11) is -1.83. The summed E-state index contributed by atoms with van der Waals surface area (Å²) in [5.41, 5.74) is 2.26. The lowest BCUT2D eigenvalue weighted by Gasteiger charge is -2.33. The van der Waals surface area contributed by atoms with Gasteiger partial charge in [0.25, 0.3) is 0 Å². The van der Waals surface area contributed by atoms with Crippen molar-refractivity contribution in [2.75, 3.05) is 20.0 Å². The number of hydrogen-bond donors (Lipinski definition) is 2. The lowest BCUT2D eigenvalue weighted by atomic mass is 9.82. The standard InChI is InChI=1S/C28H37N3O5S/c1-19-15-27(31(37(4,33)34)17-20-5-10-23(35-3)11-6-20)26(30-19)18-36-24-12-7-21(8-13-24)22-9-14-25(29-2)28(32)16-22/h5-6,9-11,14,16,19,21,24,26-27,30,32H,7-8,12-13,15,17-18H2,1,3-4H3/t19-,21?,24?,26+,27+/m1/s1. The highest BCUT2D eigenvalue weighted by atomic mass is 32.2. The van der Waals surface area contributed by atoms with Gasteiger partial charge in [-0.2, -0.15) is 4.31 Å². The molecule has 1 saturated carbocycles. The van der Waals surface area contributed by atoms with E-state index >= 15 is 0 Å². The van der Waals surface area contributed by atoms with Gasteiger partial charge in [-0.05, 0) is 74.3 Å². The Morgan fingerprint density at radius 1 is 1.14 bits per heavy atom. The van der Waals surface area contributed by atoms with E-state index < -0.39 is 10.0 Å². The normalized spacial score (nSPS) is 26.2. The van der Waals surface area contributed by atoms with E-state index in [1.54, 1.807) is 23.5 Å². The molecule has 3 atom stereocenters. The minimum atomic E-state index is -3.44. The molecule has 0 aromatic heterocycles. The van der Waals surface area contributed by atoms with Gasteiger partial charge in [0, 0.05) is 24.7 Å². The zero-order valence-corrected chi connectivity index (χ0v) is 22.6. The lowest BCUT2D eigenvalue weighted by Crippen LogP contribution is -2.48. The molecule has 0 spiro atoms. The van der Waals surface area contributed by atoms with Gasteiger partial charge in [-0.3, -0.25) is 0 Å². The van der Waals surface area contributed by atoms with Gasteiger partial charge in [-0.15, -0.1) is 0 Å². The van der Waals surface area contributed by atoms with Crippen molar-refractivity contribution in [2.45, 2.75) is 75.7 Å². The van der Waals surface area contributed by atoms with Crippen LogP contribution in [0.4, 0.5) is 5.69 Å². The van der Waals surface area contributed by atoms with Crippen molar-refractivity contribution in [1.82, 2.24) is 9.62 Å². The van der Waals surface area contributed by atoms with Crippen LogP contribution in [0.2, 0.25) is 0 Å². The Hall–Kier alpha value is -2.64. The van der Waals surface area contributed by atoms with Crippen LogP contribution in [0.5, 0.6) is 11.5 Å². The van der Waals surface area contributed by atoms with Crippen molar-refractivity contribution < 1.29 is 23.0 Å². The molecule has 1 heterocycles. The quantitative estimate of drug-likeness (QED) is 0.464. The molecule has 0 unspecified atom stereocenters. The Bertz CT molecular complexity index is 1200. The Labute approximate surface area is 220 Å². The van der Waals surface area contributed by atoms with Crippen molar-refractivity contribution in [2.24, 2.45) is 0 Å². The summed E-state index contributed by atoms with van der Waals surface area (Å²) in [4.78, 5) is 3.33. The number of phenolic OH excluding ortho intramolecular Hbond substituents is 1. The number of methoxy groups -OCH3 is 1. The monoisotopic (exact) mass is 527 g/mol. The zero-order valence-electron chi connectivity index (χ0n) is 21.8. The van der Waals surface area contributed by atoms with Crippen molar-refractivity contribution in [1.29, 1.82) is 0 Å². The summed E-state index contributed by atoms with van der Waals surface area (Å²) in [5, 5.41) is 13.6. The van der Waals surface area contributed by atoms with Crippen molar-refractivity contribution in [3.8, 4) is 11.5 Å². The largest absolute Gasteiger partial charge is 0.519 e. The summed E-state index contributed by atoms with van der Waals surface area (Å²) in [5.74, 6) is 1.13. The summed E-state index contributed by atoms with van der Waals surface area (Å²) < 4.78 is 38.9. The molecule has 37 heavy (non-hydrogen) atoms. The summed E-state index contributed by atoms with van der Waals surface area (Å²) >= 11 is 0. The lowest BCUT2D eigenvalue weighted by molar-refractivity contribution is 0.00774.